The molecule has 0 saturated heterocycles. The first-order valence-corrected chi connectivity index (χ1v) is 7.80. The highest BCUT2D eigenvalue weighted by atomic mass is 35.5. The summed E-state index contributed by atoms with van der Waals surface area (Å²) in [5, 5.41) is 9.89. The van der Waals surface area contributed by atoms with E-state index in [4.69, 9.17) is 16.3 Å². The molecule has 0 aliphatic rings. The summed E-state index contributed by atoms with van der Waals surface area (Å²) < 4.78 is 5.79. The summed E-state index contributed by atoms with van der Waals surface area (Å²) in [6.07, 6.45) is 0. The van der Waals surface area contributed by atoms with E-state index >= 15 is 0 Å². The highest BCUT2D eigenvalue weighted by Gasteiger charge is 2.04. The van der Waals surface area contributed by atoms with Crippen LogP contribution >= 0.6 is 11.6 Å². The highest BCUT2D eigenvalue weighted by molar-refractivity contribution is 6.31. The lowest BCUT2D eigenvalue weighted by Crippen LogP contribution is -1.94. The number of ether oxygens (including phenoxy) is 1. The topological polar surface area (TPSA) is 29.5 Å². The largest absolute Gasteiger partial charge is 0.489 e. The van der Waals surface area contributed by atoms with Gasteiger partial charge in [0.25, 0.3) is 0 Å². The van der Waals surface area contributed by atoms with Crippen LogP contribution in [0.5, 0.6) is 5.75 Å². The quantitative estimate of drug-likeness (QED) is 0.709. The van der Waals surface area contributed by atoms with Gasteiger partial charge in [0.1, 0.15) is 12.4 Å². The molecule has 0 amide bonds. The summed E-state index contributed by atoms with van der Waals surface area (Å²) in [7, 11) is 0. The van der Waals surface area contributed by atoms with E-state index in [1.54, 1.807) is 0 Å². The standard InChI is InChI=1S/C20H17ClO2/c21-20-11-8-17(12-18(20)13-22)16-6-9-19(10-7-16)23-14-15-4-2-1-3-5-15/h1-12,22H,13-14H2. The molecule has 0 saturated carbocycles. The van der Waals surface area contributed by atoms with Crippen LogP contribution in [0.2, 0.25) is 5.02 Å². The summed E-state index contributed by atoms with van der Waals surface area (Å²) in [6.45, 7) is 0.487. The first kappa shape index (κ1) is 15.6. The van der Waals surface area contributed by atoms with Crippen LogP contribution in [0.3, 0.4) is 0 Å². The summed E-state index contributed by atoms with van der Waals surface area (Å²) in [5.74, 6) is 0.828. The number of benzene rings is 3. The van der Waals surface area contributed by atoms with Gasteiger partial charge in [-0.2, -0.15) is 0 Å². The summed E-state index contributed by atoms with van der Waals surface area (Å²) >= 11 is 6.03. The summed E-state index contributed by atoms with van der Waals surface area (Å²) in [4.78, 5) is 0. The smallest absolute Gasteiger partial charge is 0.119 e. The van der Waals surface area contributed by atoms with Gasteiger partial charge in [-0.3, -0.25) is 0 Å². The number of hydrogen-bond donors (Lipinski definition) is 1. The van der Waals surface area contributed by atoms with E-state index in [1.807, 2.05) is 72.8 Å². The molecule has 3 aromatic rings. The molecule has 3 rings (SSSR count). The number of hydrogen-bond acceptors (Lipinski definition) is 2. The normalized spacial score (nSPS) is 10.5. The van der Waals surface area contributed by atoms with Crippen molar-refractivity contribution < 1.29 is 9.84 Å². The predicted octanol–water partition coefficient (Wildman–Crippen LogP) is 5.08. The van der Waals surface area contributed by atoms with Crippen molar-refractivity contribution in [3.63, 3.8) is 0 Å². The first-order chi connectivity index (χ1) is 11.3. The maximum absolute atomic E-state index is 9.31. The lowest BCUT2D eigenvalue weighted by Gasteiger charge is -2.09. The van der Waals surface area contributed by atoms with Crippen LogP contribution in [0.4, 0.5) is 0 Å². The molecular formula is C20H17ClO2. The third kappa shape index (κ3) is 3.92. The lowest BCUT2D eigenvalue weighted by atomic mass is 10.0. The van der Waals surface area contributed by atoms with Gasteiger partial charge < -0.3 is 9.84 Å². The maximum atomic E-state index is 9.31. The fourth-order valence-corrected chi connectivity index (χ4v) is 2.54. The second-order valence-corrected chi connectivity index (χ2v) is 5.67. The van der Waals surface area contributed by atoms with Gasteiger partial charge in [0.05, 0.1) is 6.61 Å². The molecule has 1 N–H and O–H groups in total. The minimum atomic E-state index is -0.0645. The van der Waals surface area contributed by atoms with Crippen LogP contribution in [-0.4, -0.2) is 5.11 Å². The van der Waals surface area contributed by atoms with Gasteiger partial charge in [0, 0.05) is 5.02 Å². The Bertz CT molecular complexity index is 767. The van der Waals surface area contributed by atoms with E-state index in [0.717, 1.165) is 28.0 Å². The minimum absolute atomic E-state index is 0.0645. The van der Waals surface area contributed by atoms with E-state index in [9.17, 15) is 5.11 Å². The fourth-order valence-electron chi connectivity index (χ4n) is 2.36. The molecular weight excluding hydrogens is 308 g/mol. The van der Waals surface area contributed by atoms with Crippen LogP contribution in [0.1, 0.15) is 11.1 Å². The van der Waals surface area contributed by atoms with Crippen molar-refractivity contribution in [2.24, 2.45) is 0 Å². The molecule has 0 radical (unpaired) electrons. The molecule has 23 heavy (non-hydrogen) atoms. The third-order valence-electron chi connectivity index (χ3n) is 3.65. The van der Waals surface area contributed by atoms with Gasteiger partial charge >= 0.3 is 0 Å². The van der Waals surface area contributed by atoms with E-state index < -0.39 is 0 Å². The Morgan fingerprint density at radius 3 is 2.22 bits per heavy atom. The fraction of sp³-hybridized carbons (Fsp3) is 0.100. The molecule has 0 aliphatic heterocycles. The first-order valence-electron chi connectivity index (χ1n) is 7.43. The van der Waals surface area contributed by atoms with Crippen molar-refractivity contribution in [1.29, 1.82) is 0 Å². The van der Waals surface area contributed by atoms with Crippen molar-refractivity contribution in [1.82, 2.24) is 0 Å². The molecule has 0 aliphatic carbocycles. The second-order valence-electron chi connectivity index (χ2n) is 5.26. The second kappa shape index (κ2) is 7.32. The molecule has 0 aromatic heterocycles. The molecule has 0 unspecified atom stereocenters. The number of halogens is 1. The zero-order valence-electron chi connectivity index (χ0n) is 12.6. The van der Waals surface area contributed by atoms with Crippen LogP contribution in [0, 0.1) is 0 Å². The van der Waals surface area contributed by atoms with E-state index in [1.165, 1.54) is 0 Å². The van der Waals surface area contributed by atoms with Crippen LogP contribution in [0.15, 0.2) is 72.8 Å². The third-order valence-corrected chi connectivity index (χ3v) is 4.02. The zero-order chi connectivity index (χ0) is 16.1. The van der Waals surface area contributed by atoms with Gasteiger partial charge in [-0.05, 0) is 46.5 Å². The Morgan fingerprint density at radius 1 is 0.826 bits per heavy atom. The molecule has 3 aromatic carbocycles. The molecule has 2 nitrogen and oxygen atoms in total. The average molecular weight is 325 g/mol. The van der Waals surface area contributed by atoms with Gasteiger partial charge in [0.2, 0.25) is 0 Å². The Hall–Kier alpha value is -2.29. The molecule has 3 heteroatoms. The monoisotopic (exact) mass is 324 g/mol. The Morgan fingerprint density at radius 2 is 1.52 bits per heavy atom. The Balaban J connectivity index is 1.72. The Kier molecular flexibility index (Phi) is 4.96. The van der Waals surface area contributed by atoms with Crippen molar-refractivity contribution in [2.75, 3.05) is 0 Å². The van der Waals surface area contributed by atoms with Crippen molar-refractivity contribution >= 4 is 11.6 Å². The predicted molar refractivity (Wildman–Crippen MR) is 93.6 cm³/mol. The Labute approximate surface area is 140 Å². The summed E-state index contributed by atoms with van der Waals surface area (Å²) in [6, 6.07) is 23.6. The highest BCUT2D eigenvalue weighted by Crippen LogP contribution is 2.27. The SMILES string of the molecule is OCc1cc(-c2ccc(OCc3ccccc3)cc2)ccc1Cl. The molecule has 116 valence electrons. The van der Waals surface area contributed by atoms with Gasteiger partial charge in [-0.1, -0.05) is 60.1 Å². The van der Waals surface area contributed by atoms with Gasteiger partial charge in [-0.15, -0.1) is 0 Å². The lowest BCUT2D eigenvalue weighted by molar-refractivity contribution is 0.282. The van der Waals surface area contributed by atoms with Crippen LogP contribution in [-0.2, 0) is 13.2 Å². The molecule has 0 heterocycles. The maximum Gasteiger partial charge on any atom is 0.119 e. The average Bonchev–Trinajstić information content (AvgIpc) is 2.62. The van der Waals surface area contributed by atoms with Gasteiger partial charge in [-0.25, -0.2) is 0 Å². The number of rotatable bonds is 5. The minimum Gasteiger partial charge on any atom is -0.489 e. The molecule has 0 fully saturated rings. The molecule has 0 spiro atoms. The molecule has 0 bridgehead atoms. The van der Waals surface area contributed by atoms with Crippen LogP contribution in [0.25, 0.3) is 11.1 Å². The molecule has 0 atom stereocenters. The van der Waals surface area contributed by atoms with Crippen LogP contribution < -0.4 is 4.74 Å². The van der Waals surface area contributed by atoms with Crippen molar-refractivity contribution in [2.45, 2.75) is 13.2 Å². The van der Waals surface area contributed by atoms with Crippen molar-refractivity contribution in [3.05, 3.63) is 88.9 Å². The summed E-state index contributed by atoms with van der Waals surface area (Å²) in [5.41, 5.74) is 3.95. The van der Waals surface area contributed by atoms with Crippen molar-refractivity contribution in [3.8, 4) is 16.9 Å². The number of aliphatic hydroxyl groups excluding tert-OH is 1. The van der Waals surface area contributed by atoms with E-state index in [2.05, 4.69) is 0 Å². The van der Waals surface area contributed by atoms with Gasteiger partial charge in [0.15, 0.2) is 0 Å². The van der Waals surface area contributed by atoms with E-state index in [-0.39, 0.29) is 6.61 Å². The zero-order valence-corrected chi connectivity index (χ0v) is 13.3. The number of aliphatic hydroxyl groups is 1. The van der Waals surface area contributed by atoms with E-state index in [0.29, 0.717) is 11.6 Å².